The Balaban J connectivity index is 1.43. The third kappa shape index (κ3) is 3.38. The third-order valence-electron chi connectivity index (χ3n) is 5.51. The molecule has 0 unspecified atom stereocenters. The topological polar surface area (TPSA) is 76.4 Å². The monoisotopic (exact) mass is 456 g/mol. The van der Waals surface area contributed by atoms with Crippen LogP contribution in [0.5, 0.6) is 0 Å². The van der Waals surface area contributed by atoms with Crippen LogP contribution < -0.4 is 4.90 Å². The van der Waals surface area contributed by atoms with E-state index in [1.807, 2.05) is 36.3 Å². The van der Waals surface area contributed by atoms with E-state index in [1.54, 1.807) is 4.68 Å². The Morgan fingerprint density at radius 2 is 2.03 bits per heavy atom. The first kappa shape index (κ1) is 18.5. The van der Waals surface area contributed by atoms with Gasteiger partial charge < -0.3 is 14.5 Å². The molecule has 1 aromatic carbocycles. The molecule has 9 heteroatoms. The van der Waals surface area contributed by atoms with Crippen LogP contribution in [-0.2, 0) is 24.8 Å². The summed E-state index contributed by atoms with van der Waals surface area (Å²) in [5, 5.41) is 5.37. The molecule has 4 heterocycles. The number of amides is 1. The van der Waals surface area contributed by atoms with E-state index >= 15 is 0 Å². The van der Waals surface area contributed by atoms with Gasteiger partial charge in [0.15, 0.2) is 0 Å². The number of fused-ring (bicyclic) bond motifs is 2. The fourth-order valence-electron chi connectivity index (χ4n) is 3.96. The summed E-state index contributed by atoms with van der Waals surface area (Å²) in [5.41, 5.74) is 3.46. The van der Waals surface area contributed by atoms with Gasteiger partial charge in [0, 0.05) is 42.7 Å². The first-order chi connectivity index (χ1) is 14.1. The number of ether oxygens (including phenoxy) is 1. The summed E-state index contributed by atoms with van der Waals surface area (Å²) in [7, 11) is 1.82. The summed E-state index contributed by atoms with van der Waals surface area (Å²) in [6.07, 6.45) is 2.66. The van der Waals surface area contributed by atoms with E-state index in [-0.39, 0.29) is 5.91 Å². The molecule has 0 spiro atoms. The molecule has 2 aliphatic rings. The number of anilines is 1. The molecule has 1 saturated heterocycles. The number of hydrogen-bond acceptors (Lipinski definition) is 6. The van der Waals surface area contributed by atoms with Crippen LogP contribution in [-0.4, -0.2) is 63.4 Å². The lowest BCUT2D eigenvalue weighted by Gasteiger charge is -2.30. The number of rotatable bonds is 2. The van der Waals surface area contributed by atoms with Crippen molar-refractivity contribution in [3.8, 4) is 0 Å². The van der Waals surface area contributed by atoms with Gasteiger partial charge in [-0.1, -0.05) is 15.9 Å². The maximum absolute atomic E-state index is 13.4. The number of hydrogen-bond donors (Lipinski definition) is 0. The smallest absolute Gasteiger partial charge is 0.273 e. The summed E-state index contributed by atoms with van der Waals surface area (Å²) in [4.78, 5) is 26.7. The number of halogens is 1. The molecular formula is C20H21BrN6O2. The number of carbonyl (C=O) groups excluding carboxylic acids is 1. The Bertz CT molecular complexity index is 1090. The molecule has 0 aliphatic carbocycles. The number of nitrogens with zero attached hydrogens (tertiary/aromatic N) is 6. The fraction of sp³-hybridized carbons (Fsp3) is 0.400. The summed E-state index contributed by atoms with van der Waals surface area (Å²) < 4.78 is 8.04. The SMILES string of the molecule is Cn1nc2cc(Br)ccc2c1C(=O)N1CCc2cnc(N3CCOCC3)nc2C1. The Hall–Kier alpha value is -2.52. The Morgan fingerprint density at radius 1 is 1.21 bits per heavy atom. The van der Waals surface area contributed by atoms with Gasteiger partial charge >= 0.3 is 0 Å². The van der Waals surface area contributed by atoms with E-state index in [0.29, 0.717) is 32.0 Å². The van der Waals surface area contributed by atoms with E-state index in [4.69, 9.17) is 9.72 Å². The van der Waals surface area contributed by atoms with Crippen molar-refractivity contribution in [2.75, 3.05) is 37.7 Å². The zero-order valence-electron chi connectivity index (χ0n) is 16.1. The van der Waals surface area contributed by atoms with Crippen molar-refractivity contribution in [1.82, 2.24) is 24.6 Å². The Kier molecular flexibility index (Phi) is 4.71. The number of aromatic nitrogens is 4. The summed E-state index contributed by atoms with van der Waals surface area (Å²) in [6.45, 7) is 4.09. The lowest BCUT2D eigenvalue weighted by molar-refractivity contribution is 0.0722. The molecule has 2 aromatic heterocycles. The second kappa shape index (κ2) is 7.38. The highest BCUT2D eigenvalue weighted by molar-refractivity contribution is 9.10. The van der Waals surface area contributed by atoms with Crippen LogP contribution in [0.2, 0.25) is 0 Å². The zero-order valence-corrected chi connectivity index (χ0v) is 17.7. The van der Waals surface area contributed by atoms with E-state index in [9.17, 15) is 4.79 Å². The average Bonchev–Trinajstić information content (AvgIpc) is 3.07. The quantitative estimate of drug-likeness (QED) is 0.587. The maximum Gasteiger partial charge on any atom is 0.273 e. The van der Waals surface area contributed by atoms with Crippen molar-refractivity contribution in [2.24, 2.45) is 7.05 Å². The molecule has 2 aliphatic heterocycles. The first-order valence-corrected chi connectivity index (χ1v) is 10.5. The molecule has 5 rings (SSSR count). The van der Waals surface area contributed by atoms with E-state index in [1.165, 1.54) is 0 Å². The molecule has 0 radical (unpaired) electrons. The second-order valence-electron chi connectivity index (χ2n) is 7.35. The average molecular weight is 457 g/mol. The molecule has 8 nitrogen and oxygen atoms in total. The Morgan fingerprint density at radius 3 is 2.86 bits per heavy atom. The van der Waals surface area contributed by atoms with Gasteiger partial charge in [-0.25, -0.2) is 9.97 Å². The minimum atomic E-state index is -0.0190. The molecular weight excluding hydrogens is 436 g/mol. The summed E-state index contributed by atoms with van der Waals surface area (Å²) >= 11 is 3.47. The minimum Gasteiger partial charge on any atom is -0.378 e. The second-order valence-corrected chi connectivity index (χ2v) is 8.27. The highest BCUT2D eigenvalue weighted by Crippen LogP contribution is 2.26. The predicted molar refractivity (Wildman–Crippen MR) is 112 cm³/mol. The summed E-state index contributed by atoms with van der Waals surface area (Å²) in [6, 6.07) is 5.81. The van der Waals surface area contributed by atoms with Gasteiger partial charge in [0.1, 0.15) is 5.69 Å². The van der Waals surface area contributed by atoms with Gasteiger partial charge in [-0.05, 0) is 30.2 Å². The highest BCUT2D eigenvalue weighted by atomic mass is 79.9. The van der Waals surface area contributed by atoms with Crippen molar-refractivity contribution < 1.29 is 9.53 Å². The first-order valence-electron chi connectivity index (χ1n) is 9.69. The largest absolute Gasteiger partial charge is 0.378 e. The summed E-state index contributed by atoms with van der Waals surface area (Å²) in [5.74, 6) is 0.701. The standard InChI is InChI=1S/C20H21BrN6O2/c1-25-18(15-3-2-14(21)10-16(15)24-25)19(28)27-5-4-13-11-22-20(23-17(13)12-27)26-6-8-29-9-7-26/h2-3,10-11H,4-9,12H2,1H3. The van der Waals surface area contributed by atoms with Crippen LogP contribution in [0.3, 0.4) is 0 Å². The van der Waals surface area contributed by atoms with Gasteiger partial charge in [-0.2, -0.15) is 5.10 Å². The van der Waals surface area contributed by atoms with Crippen LogP contribution in [0, 0.1) is 0 Å². The van der Waals surface area contributed by atoms with E-state index in [0.717, 1.165) is 52.1 Å². The molecule has 29 heavy (non-hydrogen) atoms. The maximum atomic E-state index is 13.4. The van der Waals surface area contributed by atoms with Crippen LogP contribution >= 0.6 is 15.9 Å². The highest BCUT2D eigenvalue weighted by Gasteiger charge is 2.28. The van der Waals surface area contributed by atoms with E-state index < -0.39 is 0 Å². The number of benzene rings is 1. The zero-order chi connectivity index (χ0) is 20.0. The number of carbonyl (C=O) groups is 1. The normalized spacial score (nSPS) is 16.9. The van der Waals surface area contributed by atoms with Crippen molar-refractivity contribution in [2.45, 2.75) is 13.0 Å². The molecule has 3 aromatic rings. The van der Waals surface area contributed by atoms with Gasteiger partial charge in [0.2, 0.25) is 5.95 Å². The third-order valence-corrected chi connectivity index (χ3v) is 6.01. The van der Waals surface area contributed by atoms with Gasteiger partial charge in [0.05, 0.1) is 31.0 Å². The molecule has 0 saturated carbocycles. The molecule has 150 valence electrons. The molecule has 0 bridgehead atoms. The number of aryl methyl sites for hydroxylation is 1. The van der Waals surface area contributed by atoms with Crippen LogP contribution in [0.15, 0.2) is 28.9 Å². The van der Waals surface area contributed by atoms with Crippen molar-refractivity contribution >= 4 is 38.7 Å². The lowest BCUT2D eigenvalue weighted by Crippen LogP contribution is -2.39. The lowest BCUT2D eigenvalue weighted by atomic mass is 10.1. The van der Waals surface area contributed by atoms with E-state index in [2.05, 4.69) is 30.9 Å². The van der Waals surface area contributed by atoms with Gasteiger partial charge in [-0.3, -0.25) is 9.48 Å². The van der Waals surface area contributed by atoms with Crippen molar-refractivity contribution in [3.05, 3.63) is 45.8 Å². The Labute approximate surface area is 176 Å². The van der Waals surface area contributed by atoms with Crippen LogP contribution in [0.4, 0.5) is 5.95 Å². The van der Waals surface area contributed by atoms with Gasteiger partial charge in [-0.15, -0.1) is 0 Å². The number of morpholine rings is 1. The predicted octanol–water partition coefficient (Wildman–Crippen LogP) is 2.16. The van der Waals surface area contributed by atoms with Crippen molar-refractivity contribution in [1.29, 1.82) is 0 Å². The molecule has 0 N–H and O–H groups in total. The van der Waals surface area contributed by atoms with Crippen molar-refractivity contribution in [3.63, 3.8) is 0 Å². The fourth-order valence-corrected chi connectivity index (χ4v) is 4.31. The molecule has 0 atom stereocenters. The molecule has 1 fully saturated rings. The molecule has 1 amide bonds. The van der Waals surface area contributed by atoms with Crippen LogP contribution in [0.25, 0.3) is 10.9 Å². The minimum absolute atomic E-state index is 0.0190. The van der Waals surface area contributed by atoms with Crippen LogP contribution in [0.1, 0.15) is 21.7 Å². The van der Waals surface area contributed by atoms with Gasteiger partial charge in [0.25, 0.3) is 5.91 Å².